The molecule has 2 heteroatoms. The van der Waals surface area contributed by atoms with Crippen LogP contribution in [0.25, 0.3) is 0 Å². The van der Waals surface area contributed by atoms with Crippen LogP contribution in [0.1, 0.15) is 110 Å². The van der Waals surface area contributed by atoms with E-state index in [1.165, 1.54) is 103 Å². The Morgan fingerprint density at radius 2 is 0.840 bits per heavy atom. The molecule has 0 aliphatic heterocycles. The largest absolute Gasteiger partial charge is 0.312 e. The van der Waals surface area contributed by atoms with Gasteiger partial charge in [-0.05, 0) is 33.5 Å². The SMILES string of the molecule is Br.CCCCCCCCCCCCCCCCCC1C=C1.CN(C)C. The van der Waals surface area contributed by atoms with Crippen LogP contribution in [0.5, 0.6) is 0 Å². The molecule has 1 aliphatic rings. The summed E-state index contributed by atoms with van der Waals surface area (Å²) in [6, 6.07) is 0. The maximum atomic E-state index is 2.34. The van der Waals surface area contributed by atoms with Crippen LogP contribution in [0, 0.1) is 5.92 Å². The Morgan fingerprint density at radius 1 is 0.560 bits per heavy atom. The molecular formula is C23H48BrN. The van der Waals surface area contributed by atoms with Crippen molar-refractivity contribution in [2.45, 2.75) is 110 Å². The number of halogens is 1. The summed E-state index contributed by atoms with van der Waals surface area (Å²) in [6.45, 7) is 2.30. The number of nitrogens with zero attached hydrogens (tertiary/aromatic N) is 1. The monoisotopic (exact) mass is 417 g/mol. The molecule has 0 unspecified atom stereocenters. The molecule has 0 spiro atoms. The molecule has 1 aliphatic carbocycles. The molecule has 152 valence electrons. The average molecular weight is 419 g/mol. The highest BCUT2D eigenvalue weighted by Crippen LogP contribution is 2.23. The van der Waals surface area contributed by atoms with E-state index in [1.54, 1.807) is 0 Å². The molecule has 0 N–H and O–H groups in total. The Morgan fingerprint density at radius 3 is 1.12 bits per heavy atom. The zero-order valence-electron chi connectivity index (χ0n) is 17.9. The van der Waals surface area contributed by atoms with Gasteiger partial charge in [-0.15, -0.1) is 17.0 Å². The van der Waals surface area contributed by atoms with Crippen LogP contribution in [0.3, 0.4) is 0 Å². The van der Waals surface area contributed by atoms with Crippen LogP contribution >= 0.6 is 17.0 Å². The van der Waals surface area contributed by atoms with Crippen molar-refractivity contribution in [1.82, 2.24) is 4.90 Å². The molecule has 0 heterocycles. The van der Waals surface area contributed by atoms with Gasteiger partial charge in [0, 0.05) is 0 Å². The molecule has 0 fully saturated rings. The number of rotatable bonds is 16. The van der Waals surface area contributed by atoms with E-state index in [1.807, 2.05) is 26.0 Å². The van der Waals surface area contributed by atoms with Crippen LogP contribution in [-0.4, -0.2) is 26.0 Å². The highest BCUT2D eigenvalue weighted by atomic mass is 79.9. The average Bonchev–Trinajstić information content (AvgIpc) is 3.35. The van der Waals surface area contributed by atoms with Gasteiger partial charge < -0.3 is 4.90 Å². The van der Waals surface area contributed by atoms with Crippen LogP contribution in [0.4, 0.5) is 0 Å². The zero-order valence-corrected chi connectivity index (χ0v) is 19.6. The van der Waals surface area contributed by atoms with Gasteiger partial charge in [-0.1, -0.05) is 115 Å². The Kier molecular flexibility index (Phi) is 24.4. The van der Waals surface area contributed by atoms with Crippen LogP contribution in [0.15, 0.2) is 12.2 Å². The lowest BCUT2D eigenvalue weighted by atomic mass is 10.0. The topological polar surface area (TPSA) is 3.24 Å². The molecule has 0 aromatic carbocycles. The third-order valence-corrected chi connectivity index (χ3v) is 4.61. The van der Waals surface area contributed by atoms with E-state index in [9.17, 15) is 0 Å². The molecule has 0 aromatic heterocycles. The summed E-state index contributed by atoms with van der Waals surface area (Å²) in [6.07, 6.45) is 28.1. The second-order valence-corrected chi connectivity index (χ2v) is 8.13. The summed E-state index contributed by atoms with van der Waals surface area (Å²) in [5, 5.41) is 0. The first-order valence-electron chi connectivity index (χ1n) is 11.0. The van der Waals surface area contributed by atoms with Gasteiger partial charge in [-0.3, -0.25) is 0 Å². The second kappa shape index (κ2) is 22.2. The highest BCUT2D eigenvalue weighted by Gasteiger charge is 2.08. The number of allylic oxidation sites excluding steroid dienone is 2. The predicted molar refractivity (Wildman–Crippen MR) is 122 cm³/mol. The van der Waals surface area contributed by atoms with Crippen LogP contribution in [0.2, 0.25) is 0 Å². The molecule has 0 atom stereocenters. The lowest BCUT2D eigenvalue weighted by molar-refractivity contribution is 0.505. The zero-order chi connectivity index (χ0) is 17.9. The predicted octanol–water partition coefficient (Wildman–Crippen LogP) is 8.19. The quantitative estimate of drug-likeness (QED) is 0.180. The third kappa shape index (κ3) is 29.2. The van der Waals surface area contributed by atoms with Gasteiger partial charge in [0.15, 0.2) is 0 Å². The van der Waals surface area contributed by atoms with E-state index >= 15 is 0 Å². The van der Waals surface area contributed by atoms with Crippen molar-refractivity contribution in [1.29, 1.82) is 0 Å². The van der Waals surface area contributed by atoms with Crippen molar-refractivity contribution < 1.29 is 0 Å². The molecule has 1 nitrogen and oxygen atoms in total. The van der Waals surface area contributed by atoms with Gasteiger partial charge in [0.2, 0.25) is 0 Å². The standard InChI is InChI=1S/C20H38.C3H9N.BrH/c1-2-3-4-5-6-7-8-9-10-11-12-13-14-15-16-17-20-18-19-20;1-4(2)3;/h18-20H,2-17H2,1H3;1-3H3;1H. The van der Waals surface area contributed by atoms with Gasteiger partial charge in [-0.25, -0.2) is 0 Å². The van der Waals surface area contributed by atoms with E-state index in [0.29, 0.717) is 0 Å². The first kappa shape index (κ1) is 27.4. The second-order valence-electron chi connectivity index (χ2n) is 8.13. The summed E-state index contributed by atoms with van der Waals surface area (Å²) in [4.78, 5) is 2.00. The lowest BCUT2D eigenvalue weighted by Crippen LogP contribution is -1.99. The maximum absolute atomic E-state index is 2.34. The molecule has 25 heavy (non-hydrogen) atoms. The van der Waals surface area contributed by atoms with E-state index in [0.717, 1.165) is 5.92 Å². The fourth-order valence-electron chi connectivity index (χ4n) is 3.02. The van der Waals surface area contributed by atoms with Crippen LogP contribution in [-0.2, 0) is 0 Å². The molecule has 1 rings (SSSR count). The third-order valence-electron chi connectivity index (χ3n) is 4.61. The summed E-state index contributed by atoms with van der Waals surface area (Å²) in [7, 11) is 6.00. The van der Waals surface area contributed by atoms with Crippen LogP contribution < -0.4 is 0 Å². The Bertz CT molecular complexity index is 254. The van der Waals surface area contributed by atoms with E-state index in [2.05, 4.69) is 19.1 Å². The fourth-order valence-corrected chi connectivity index (χ4v) is 3.02. The summed E-state index contributed by atoms with van der Waals surface area (Å²) >= 11 is 0. The minimum absolute atomic E-state index is 0. The van der Waals surface area contributed by atoms with Gasteiger partial charge in [0.25, 0.3) is 0 Å². The van der Waals surface area contributed by atoms with Crippen molar-refractivity contribution in [3.8, 4) is 0 Å². The molecule has 0 aromatic rings. The normalized spacial score (nSPS) is 12.7. The summed E-state index contributed by atoms with van der Waals surface area (Å²) in [5.74, 6) is 0.900. The van der Waals surface area contributed by atoms with E-state index in [-0.39, 0.29) is 17.0 Å². The first-order valence-corrected chi connectivity index (χ1v) is 11.0. The Labute approximate surface area is 170 Å². The maximum Gasteiger partial charge on any atom is -0.00531 e. The smallest absolute Gasteiger partial charge is 0.00531 e. The minimum Gasteiger partial charge on any atom is -0.312 e. The molecule has 0 saturated carbocycles. The van der Waals surface area contributed by atoms with Crippen molar-refractivity contribution in [2.75, 3.05) is 21.1 Å². The number of unbranched alkanes of at least 4 members (excludes halogenated alkanes) is 14. The van der Waals surface area contributed by atoms with Crippen molar-refractivity contribution in [3.05, 3.63) is 12.2 Å². The van der Waals surface area contributed by atoms with Gasteiger partial charge >= 0.3 is 0 Å². The van der Waals surface area contributed by atoms with Gasteiger partial charge in [0.1, 0.15) is 0 Å². The highest BCUT2D eigenvalue weighted by molar-refractivity contribution is 8.93. The molecule has 0 amide bonds. The lowest BCUT2D eigenvalue weighted by Gasteiger charge is -2.03. The molecular weight excluding hydrogens is 370 g/mol. The van der Waals surface area contributed by atoms with Crippen molar-refractivity contribution in [3.63, 3.8) is 0 Å². The van der Waals surface area contributed by atoms with Gasteiger partial charge in [-0.2, -0.15) is 0 Å². The molecule has 0 radical (unpaired) electrons. The van der Waals surface area contributed by atoms with E-state index in [4.69, 9.17) is 0 Å². The summed E-state index contributed by atoms with van der Waals surface area (Å²) < 4.78 is 0. The number of hydrogen-bond acceptors (Lipinski definition) is 1. The summed E-state index contributed by atoms with van der Waals surface area (Å²) in [5.41, 5.74) is 0. The fraction of sp³-hybridized carbons (Fsp3) is 0.913. The van der Waals surface area contributed by atoms with E-state index < -0.39 is 0 Å². The number of hydrogen-bond donors (Lipinski definition) is 0. The Hall–Kier alpha value is 0.180. The minimum atomic E-state index is 0. The van der Waals surface area contributed by atoms with Crippen molar-refractivity contribution >= 4 is 17.0 Å². The molecule has 0 saturated heterocycles. The Balaban J connectivity index is 0. The molecule has 0 bridgehead atoms. The van der Waals surface area contributed by atoms with Gasteiger partial charge in [0.05, 0.1) is 0 Å². The van der Waals surface area contributed by atoms with Crippen molar-refractivity contribution in [2.24, 2.45) is 5.92 Å². The first-order chi connectivity index (χ1) is 11.7.